The molecule has 0 aliphatic heterocycles. The van der Waals surface area contributed by atoms with Gasteiger partial charge in [0.1, 0.15) is 12.4 Å². The lowest BCUT2D eigenvalue weighted by molar-refractivity contribution is 0.257. The summed E-state index contributed by atoms with van der Waals surface area (Å²) >= 11 is 0. The van der Waals surface area contributed by atoms with Crippen LogP contribution in [-0.2, 0) is 0 Å². The molecule has 2 nitrogen and oxygen atoms in total. The largest absolute Gasteiger partial charge is 0.492 e. The molecule has 2 heteroatoms. The Morgan fingerprint density at radius 3 is 2.44 bits per heavy atom. The van der Waals surface area contributed by atoms with Gasteiger partial charge in [-0.05, 0) is 32.0 Å². The van der Waals surface area contributed by atoms with Crippen LogP contribution in [-0.4, -0.2) is 19.2 Å². The molecule has 0 saturated heterocycles. The first-order valence-electron chi connectivity index (χ1n) is 6.19. The highest BCUT2D eigenvalue weighted by molar-refractivity contribution is 5.26. The molecule has 16 heavy (non-hydrogen) atoms. The first-order chi connectivity index (χ1) is 7.76. The number of likely N-dealkylation sites (N-methyl/N-ethyl adjacent to an activating group) is 1. The van der Waals surface area contributed by atoms with Gasteiger partial charge >= 0.3 is 0 Å². The minimum Gasteiger partial charge on any atom is -0.492 e. The van der Waals surface area contributed by atoms with Crippen LogP contribution < -0.4 is 10.1 Å². The second-order valence-corrected chi connectivity index (χ2v) is 4.17. The van der Waals surface area contributed by atoms with E-state index in [9.17, 15) is 0 Å². The van der Waals surface area contributed by atoms with Gasteiger partial charge in [-0.1, -0.05) is 38.0 Å². The highest BCUT2D eigenvalue weighted by Crippen LogP contribution is 2.12. The van der Waals surface area contributed by atoms with Crippen molar-refractivity contribution in [3.8, 4) is 5.75 Å². The van der Waals surface area contributed by atoms with E-state index in [2.05, 4.69) is 38.2 Å². The standard InChI is InChI=1S/C14H23NO/c1-4-6-13(15-5-2)11-16-14-9-7-12(3)8-10-14/h7-10,13,15H,4-6,11H2,1-3H3. The molecule has 0 aliphatic rings. The van der Waals surface area contributed by atoms with Gasteiger partial charge in [-0.25, -0.2) is 0 Å². The molecule has 0 aromatic heterocycles. The van der Waals surface area contributed by atoms with Crippen LogP contribution in [0.1, 0.15) is 32.3 Å². The second-order valence-electron chi connectivity index (χ2n) is 4.17. The quantitative estimate of drug-likeness (QED) is 0.763. The lowest BCUT2D eigenvalue weighted by Crippen LogP contribution is -2.34. The fourth-order valence-corrected chi connectivity index (χ4v) is 1.71. The summed E-state index contributed by atoms with van der Waals surface area (Å²) in [4.78, 5) is 0. The van der Waals surface area contributed by atoms with Crippen LogP contribution in [0.15, 0.2) is 24.3 Å². The molecule has 0 radical (unpaired) electrons. The topological polar surface area (TPSA) is 21.3 Å². The molecule has 1 atom stereocenters. The normalized spacial score (nSPS) is 12.4. The van der Waals surface area contributed by atoms with Gasteiger partial charge in [-0.3, -0.25) is 0 Å². The van der Waals surface area contributed by atoms with Crippen LogP contribution in [0, 0.1) is 6.92 Å². The zero-order chi connectivity index (χ0) is 11.8. The lowest BCUT2D eigenvalue weighted by Gasteiger charge is -2.17. The summed E-state index contributed by atoms with van der Waals surface area (Å²) in [5, 5.41) is 3.44. The Kier molecular flexibility index (Phi) is 5.94. The molecule has 0 bridgehead atoms. The van der Waals surface area contributed by atoms with E-state index < -0.39 is 0 Å². The van der Waals surface area contributed by atoms with Crippen molar-refractivity contribution < 1.29 is 4.74 Å². The molecule has 1 N–H and O–H groups in total. The van der Waals surface area contributed by atoms with E-state index in [1.165, 1.54) is 18.4 Å². The van der Waals surface area contributed by atoms with Crippen molar-refractivity contribution in [1.82, 2.24) is 5.32 Å². The van der Waals surface area contributed by atoms with E-state index in [-0.39, 0.29) is 0 Å². The predicted octanol–water partition coefficient (Wildman–Crippen LogP) is 3.15. The van der Waals surface area contributed by atoms with Gasteiger partial charge in [-0.2, -0.15) is 0 Å². The molecule has 1 aromatic rings. The highest BCUT2D eigenvalue weighted by atomic mass is 16.5. The maximum atomic E-state index is 5.77. The Balaban J connectivity index is 2.38. The SMILES string of the molecule is CCCC(COc1ccc(C)cc1)NCC. The first kappa shape index (κ1) is 13.0. The first-order valence-corrected chi connectivity index (χ1v) is 6.19. The van der Waals surface area contributed by atoms with E-state index in [0.717, 1.165) is 18.9 Å². The molecule has 90 valence electrons. The van der Waals surface area contributed by atoms with Crippen LogP contribution in [0.2, 0.25) is 0 Å². The average Bonchev–Trinajstić information content (AvgIpc) is 2.29. The maximum absolute atomic E-state index is 5.77. The summed E-state index contributed by atoms with van der Waals surface area (Å²) in [6.45, 7) is 8.18. The Morgan fingerprint density at radius 1 is 1.19 bits per heavy atom. The van der Waals surface area contributed by atoms with Gasteiger partial charge in [0.25, 0.3) is 0 Å². The minimum atomic E-state index is 0.469. The van der Waals surface area contributed by atoms with Crippen LogP contribution in [0.25, 0.3) is 0 Å². The van der Waals surface area contributed by atoms with E-state index in [1.54, 1.807) is 0 Å². The zero-order valence-corrected chi connectivity index (χ0v) is 10.6. The third kappa shape index (κ3) is 4.67. The van der Waals surface area contributed by atoms with Crippen LogP contribution >= 0.6 is 0 Å². The molecule has 0 aliphatic carbocycles. The summed E-state index contributed by atoms with van der Waals surface area (Å²) in [6.07, 6.45) is 2.36. The summed E-state index contributed by atoms with van der Waals surface area (Å²) < 4.78 is 5.77. The number of aryl methyl sites for hydroxylation is 1. The molecular weight excluding hydrogens is 198 g/mol. The number of ether oxygens (including phenoxy) is 1. The maximum Gasteiger partial charge on any atom is 0.119 e. The van der Waals surface area contributed by atoms with Gasteiger partial charge in [0.2, 0.25) is 0 Å². The zero-order valence-electron chi connectivity index (χ0n) is 10.6. The van der Waals surface area contributed by atoms with Gasteiger partial charge in [0.05, 0.1) is 0 Å². The van der Waals surface area contributed by atoms with Crippen molar-refractivity contribution >= 4 is 0 Å². The smallest absolute Gasteiger partial charge is 0.119 e. The number of rotatable bonds is 7. The van der Waals surface area contributed by atoms with Crippen molar-refractivity contribution in [3.05, 3.63) is 29.8 Å². The average molecular weight is 221 g/mol. The van der Waals surface area contributed by atoms with Gasteiger partial charge in [0, 0.05) is 6.04 Å². The van der Waals surface area contributed by atoms with E-state index in [4.69, 9.17) is 4.74 Å². The van der Waals surface area contributed by atoms with Gasteiger partial charge in [-0.15, -0.1) is 0 Å². The molecular formula is C14H23NO. The van der Waals surface area contributed by atoms with Crippen molar-refractivity contribution in [1.29, 1.82) is 0 Å². The number of hydrogen-bond donors (Lipinski definition) is 1. The summed E-state index contributed by atoms with van der Waals surface area (Å²) in [5.41, 5.74) is 1.27. The molecule has 0 heterocycles. The Morgan fingerprint density at radius 2 is 1.88 bits per heavy atom. The summed E-state index contributed by atoms with van der Waals surface area (Å²) in [7, 11) is 0. The Bertz CT molecular complexity index is 275. The van der Waals surface area contributed by atoms with Crippen LogP contribution in [0.5, 0.6) is 5.75 Å². The number of nitrogens with one attached hydrogen (secondary N) is 1. The molecule has 1 unspecified atom stereocenters. The third-order valence-corrected chi connectivity index (χ3v) is 2.60. The van der Waals surface area contributed by atoms with E-state index in [0.29, 0.717) is 6.04 Å². The molecule has 0 saturated carbocycles. The highest BCUT2D eigenvalue weighted by Gasteiger charge is 2.06. The molecule has 0 fully saturated rings. The van der Waals surface area contributed by atoms with Gasteiger partial charge < -0.3 is 10.1 Å². The van der Waals surface area contributed by atoms with Crippen molar-refractivity contribution in [2.24, 2.45) is 0 Å². The molecule has 0 spiro atoms. The second kappa shape index (κ2) is 7.29. The van der Waals surface area contributed by atoms with Crippen molar-refractivity contribution in [2.45, 2.75) is 39.7 Å². The third-order valence-electron chi connectivity index (χ3n) is 2.60. The van der Waals surface area contributed by atoms with Crippen LogP contribution in [0.4, 0.5) is 0 Å². The van der Waals surface area contributed by atoms with E-state index >= 15 is 0 Å². The van der Waals surface area contributed by atoms with Crippen molar-refractivity contribution in [2.75, 3.05) is 13.2 Å². The summed E-state index contributed by atoms with van der Waals surface area (Å²) in [5.74, 6) is 0.963. The lowest BCUT2D eigenvalue weighted by atomic mass is 10.2. The predicted molar refractivity (Wildman–Crippen MR) is 69.0 cm³/mol. The molecule has 0 amide bonds. The monoisotopic (exact) mass is 221 g/mol. The van der Waals surface area contributed by atoms with Gasteiger partial charge in [0.15, 0.2) is 0 Å². The Labute approximate surface area is 99.0 Å². The fourth-order valence-electron chi connectivity index (χ4n) is 1.71. The number of benzene rings is 1. The fraction of sp³-hybridized carbons (Fsp3) is 0.571. The number of hydrogen-bond acceptors (Lipinski definition) is 2. The molecule has 1 rings (SSSR count). The van der Waals surface area contributed by atoms with Crippen LogP contribution in [0.3, 0.4) is 0 Å². The Hall–Kier alpha value is -1.02. The summed E-state index contributed by atoms with van der Waals surface area (Å²) in [6, 6.07) is 8.69. The molecule has 1 aromatic carbocycles. The van der Waals surface area contributed by atoms with Crippen molar-refractivity contribution in [3.63, 3.8) is 0 Å². The minimum absolute atomic E-state index is 0.469. The van der Waals surface area contributed by atoms with E-state index in [1.807, 2.05) is 12.1 Å².